The van der Waals surface area contributed by atoms with Gasteiger partial charge in [0.1, 0.15) is 0 Å². The summed E-state index contributed by atoms with van der Waals surface area (Å²) in [6.07, 6.45) is 10.9. The maximum atomic E-state index is 5.86. The van der Waals surface area contributed by atoms with Gasteiger partial charge in [-0.1, -0.05) is 27.7 Å². The molecule has 4 aliphatic rings. The van der Waals surface area contributed by atoms with Gasteiger partial charge in [0.05, 0.1) is 0 Å². The minimum Gasteiger partial charge on any atom is -0.328 e. The molecule has 4 rings (SSSR count). The number of hydrogen-bond donors (Lipinski definition) is 2. The van der Waals surface area contributed by atoms with Crippen molar-refractivity contribution in [2.75, 3.05) is 39.8 Å². The molecule has 3 aliphatic heterocycles. The van der Waals surface area contributed by atoms with Crippen LogP contribution < -0.4 is 11.1 Å². The van der Waals surface area contributed by atoms with E-state index in [4.69, 9.17) is 5.73 Å². The number of likely N-dealkylation sites (tertiary alicyclic amines) is 2. The molecule has 1 saturated carbocycles. The lowest BCUT2D eigenvalue weighted by atomic mass is 9.60. The molecule has 168 valence electrons. The molecule has 0 bridgehead atoms. The van der Waals surface area contributed by atoms with Crippen LogP contribution in [0.5, 0.6) is 0 Å². The van der Waals surface area contributed by atoms with Crippen LogP contribution in [0.25, 0.3) is 0 Å². The Balaban J connectivity index is 0.000000240. The van der Waals surface area contributed by atoms with Crippen molar-refractivity contribution in [3.05, 3.63) is 0 Å². The topological polar surface area (TPSA) is 44.5 Å². The van der Waals surface area contributed by atoms with E-state index in [9.17, 15) is 0 Å². The highest BCUT2D eigenvalue weighted by molar-refractivity contribution is 4.99. The zero-order valence-electron chi connectivity index (χ0n) is 20.3. The molecule has 0 aromatic heterocycles. The van der Waals surface area contributed by atoms with Gasteiger partial charge in [0.15, 0.2) is 0 Å². The maximum absolute atomic E-state index is 5.86. The number of hydrogen-bond acceptors (Lipinski definition) is 4. The molecule has 28 heavy (non-hydrogen) atoms. The van der Waals surface area contributed by atoms with Gasteiger partial charge in [-0.05, 0) is 110 Å². The summed E-state index contributed by atoms with van der Waals surface area (Å²) in [5.41, 5.74) is 7.14. The Morgan fingerprint density at radius 1 is 0.857 bits per heavy atom. The van der Waals surface area contributed by atoms with Gasteiger partial charge in [-0.15, -0.1) is 0 Å². The summed E-state index contributed by atoms with van der Waals surface area (Å²) in [5.74, 6) is 0. The highest BCUT2D eigenvalue weighted by Crippen LogP contribution is 2.48. The molecule has 3 heterocycles. The van der Waals surface area contributed by atoms with Crippen LogP contribution in [0.2, 0.25) is 0 Å². The summed E-state index contributed by atoms with van der Waals surface area (Å²) in [6.45, 7) is 19.0. The predicted octanol–water partition coefficient (Wildman–Crippen LogP) is 4.48. The van der Waals surface area contributed by atoms with Crippen LogP contribution in [0, 0.1) is 5.41 Å². The first-order valence-corrected chi connectivity index (χ1v) is 12.4. The van der Waals surface area contributed by atoms with Crippen molar-refractivity contribution in [3.63, 3.8) is 0 Å². The first-order valence-electron chi connectivity index (χ1n) is 12.4. The van der Waals surface area contributed by atoms with Crippen molar-refractivity contribution in [2.45, 2.75) is 111 Å². The predicted molar refractivity (Wildman–Crippen MR) is 125 cm³/mol. The molecule has 1 aliphatic carbocycles. The van der Waals surface area contributed by atoms with Gasteiger partial charge in [0.2, 0.25) is 0 Å². The highest BCUT2D eigenvalue weighted by atomic mass is 15.2. The lowest BCUT2D eigenvalue weighted by Gasteiger charge is -2.51. The minimum absolute atomic E-state index is 0.519. The van der Waals surface area contributed by atoms with Crippen LogP contribution >= 0.6 is 0 Å². The van der Waals surface area contributed by atoms with E-state index in [1.165, 1.54) is 84.1 Å². The van der Waals surface area contributed by atoms with Crippen molar-refractivity contribution in [3.8, 4) is 0 Å². The van der Waals surface area contributed by atoms with Crippen LogP contribution in [-0.4, -0.2) is 67.2 Å². The largest absolute Gasteiger partial charge is 0.328 e. The van der Waals surface area contributed by atoms with Crippen molar-refractivity contribution in [1.29, 1.82) is 0 Å². The van der Waals surface area contributed by atoms with Crippen molar-refractivity contribution >= 4 is 0 Å². The van der Waals surface area contributed by atoms with E-state index < -0.39 is 0 Å². The van der Waals surface area contributed by atoms with E-state index in [0.29, 0.717) is 17.0 Å². The molecule has 3 saturated heterocycles. The Bertz CT molecular complexity index is 387. The van der Waals surface area contributed by atoms with Gasteiger partial charge >= 0.3 is 0 Å². The summed E-state index contributed by atoms with van der Waals surface area (Å²) in [5, 5.41) is 3.43. The number of piperidine rings is 2. The number of nitrogens with one attached hydrogen (secondary N) is 1. The van der Waals surface area contributed by atoms with Crippen LogP contribution in [0.15, 0.2) is 0 Å². The smallest absolute Gasteiger partial charge is 0.0231 e. The Morgan fingerprint density at radius 2 is 1.39 bits per heavy atom. The average molecular weight is 397 g/mol. The van der Waals surface area contributed by atoms with E-state index in [-0.39, 0.29) is 0 Å². The fourth-order valence-electron chi connectivity index (χ4n) is 5.57. The van der Waals surface area contributed by atoms with Crippen molar-refractivity contribution < 1.29 is 0 Å². The van der Waals surface area contributed by atoms with Gasteiger partial charge in [-0.25, -0.2) is 0 Å². The van der Waals surface area contributed by atoms with Gasteiger partial charge in [-0.3, -0.25) is 0 Å². The molecule has 2 spiro atoms. The molecular formula is C24H52N4. The third kappa shape index (κ3) is 6.68. The molecule has 0 unspecified atom stereocenters. The van der Waals surface area contributed by atoms with Crippen LogP contribution in [0.3, 0.4) is 0 Å². The standard InChI is InChI=1S/C11H22N2.C9H18N2.2C2H6/c1-9(2)13-5-3-11(4-6-13)7-10(12)8-11;1-11-8-2-3-9(11)4-6-10-7-5-9;2*1-2/h9-10H,3-8,12H2,1-2H3;10H,2-8H2,1H3;2*1-2H3. The summed E-state index contributed by atoms with van der Waals surface area (Å²) in [4.78, 5) is 5.17. The molecule has 0 amide bonds. The minimum atomic E-state index is 0.519. The van der Waals surface area contributed by atoms with E-state index in [1.54, 1.807) is 0 Å². The van der Waals surface area contributed by atoms with Crippen molar-refractivity contribution in [2.24, 2.45) is 11.1 Å². The Kier molecular flexibility index (Phi) is 11.6. The molecule has 0 aromatic carbocycles. The summed E-state index contributed by atoms with van der Waals surface area (Å²) < 4.78 is 0. The Morgan fingerprint density at radius 3 is 1.79 bits per heavy atom. The maximum Gasteiger partial charge on any atom is 0.0231 e. The number of nitrogens with zero attached hydrogens (tertiary/aromatic N) is 2. The van der Waals surface area contributed by atoms with Gasteiger partial charge < -0.3 is 20.9 Å². The third-order valence-electron chi connectivity index (χ3n) is 7.46. The second-order valence-corrected chi connectivity index (χ2v) is 9.30. The van der Waals surface area contributed by atoms with E-state index in [2.05, 4.69) is 36.0 Å². The second-order valence-electron chi connectivity index (χ2n) is 9.30. The average Bonchev–Trinajstić information content (AvgIpc) is 3.05. The molecule has 0 radical (unpaired) electrons. The first kappa shape index (κ1) is 25.9. The third-order valence-corrected chi connectivity index (χ3v) is 7.46. The monoisotopic (exact) mass is 396 g/mol. The fourth-order valence-corrected chi connectivity index (χ4v) is 5.57. The number of nitrogens with two attached hydrogens (primary N) is 1. The zero-order valence-corrected chi connectivity index (χ0v) is 20.3. The molecule has 4 heteroatoms. The van der Waals surface area contributed by atoms with Crippen LogP contribution in [-0.2, 0) is 0 Å². The zero-order chi connectivity index (χ0) is 21.2. The first-order chi connectivity index (χ1) is 13.4. The fraction of sp³-hybridized carbons (Fsp3) is 1.00. The van der Waals surface area contributed by atoms with Crippen LogP contribution in [0.1, 0.15) is 92.9 Å². The molecule has 4 fully saturated rings. The Labute approximate surface area is 177 Å². The van der Waals surface area contributed by atoms with E-state index >= 15 is 0 Å². The quantitative estimate of drug-likeness (QED) is 0.686. The summed E-state index contributed by atoms with van der Waals surface area (Å²) in [6, 6.07) is 1.25. The normalized spacial score (nSPS) is 26.5. The van der Waals surface area contributed by atoms with E-state index in [1.807, 2.05) is 27.7 Å². The van der Waals surface area contributed by atoms with E-state index in [0.717, 1.165) is 6.04 Å². The van der Waals surface area contributed by atoms with Gasteiger partial charge in [0.25, 0.3) is 0 Å². The lowest BCUT2D eigenvalue weighted by molar-refractivity contribution is 0.00819. The molecule has 0 aromatic rings. The second kappa shape index (κ2) is 12.5. The van der Waals surface area contributed by atoms with Gasteiger partial charge in [0, 0.05) is 17.6 Å². The van der Waals surface area contributed by atoms with Gasteiger partial charge in [-0.2, -0.15) is 0 Å². The van der Waals surface area contributed by atoms with Crippen molar-refractivity contribution in [1.82, 2.24) is 15.1 Å². The lowest BCUT2D eigenvalue weighted by Crippen LogP contribution is -2.53. The van der Waals surface area contributed by atoms with Crippen LogP contribution in [0.4, 0.5) is 0 Å². The molecule has 0 atom stereocenters. The highest BCUT2D eigenvalue weighted by Gasteiger charge is 2.44. The SMILES string of the molecule is CC.CC.CC(C)N1CCC2(CC1)CC(N)C2.CN1CCCC12CCNCC2. The summed E-state index contributed by atoms with van der Waals surface area (Å²) in [7, 11) is 2.29. The molecular weight excluding hydrogens is 344 g/mol. The molecule has 4 nitrogen and oxygen atoms in total. The Hall–Kier alpha value is -0.160. The number of rotatable bonds is 1. The molecule has 3 N–H and O–H groups in total. The summed E-state index contributed by atoms with van der Waals surface area (Å²) >= 11 is 0.